The molecule has 0 spiro atoms. The van der Waals surface area contributed by atoms with Crippen molar-refractivity contribution in [2.45, 2.75) is 50.9 Å². The maximum Gasteiger partial charge on any atom is 0.227 e. The number of aliphatic hydroxyl groups excluding tert-OH is 1. The van der Waals surface area contributed by atoms with Gasteiger partial charge in [0.2, 0.25) is 5.91 Å². The molecule has 2 N–H and O–H groups in total. The number of rotatable bonds is 7. The van der Waals surface area contributed by atoms with Gasteiger partial charge in [-0.1, -0.05) is 19.3 Å². The molecule has 21 heavy (non-hydrogen) atoms. The van der Waals surface area contributed by atoms with Crippen LogP contribution in [-0.4, -0.2) is 29.1 Å². The van der Waals surface area contributed by atoms with E-state index in [1.807, 2.05) is 12.1 Å². The summed E-state index contributed by atoms with van der Waals surface area (Å²) in [5, 5.41) is 11.8. The highest BCUT2D eigenvalue weighted by Crippen LogP contribution is 2.36. The average Bonchev–Trinajstić information content (AvgIpc) is 2.54. The van der Waals surface area contributed by atoms with Crippen molar-refractivity contribution in [2.24, 2.45) is 5.92 Å². The molecule has 116 valence electrons. The second kappa shape index (κ2) is 8.78. The van der Waals surface area contributed by atoms with Crippen molar-refractivity contribution in [2.75, 3.05) is 13.2 Å². The van der Waals surface area contributed by atoms with Gasteiger partial charge in [0, 0.05) is 25.5 Å². The van der Waals surface area contributed by atoms with Crippen molar-refractivity contribution in [3.05, 3.63) is 30.1 Å². The molecule has 1 heterocycles. The van der Waals surface area contributed by atoms with E-state index in [0.29, 0.717) is 12.5 Å². The van der Waals surface area contributed by atoms with E-state index in [0.717, 1.165) is 31.2 Å². The van der Waals surface area contributed by atoms with Gasteiger partial charge in [0.15, 0.2) is 0 Å². The lowest BCUT2D eigenvalue weighted by atomic mass is 9.76. The molecule has 1 unspecified atom stereocenters. The van der Waals surface area contributed by atoms with Crippen LogP contribution in [0, 0.1) is 5.92 Å². The van der Waals surface area contributed by atoms with Crippen molar-refractivity contribution in [3.8, 4) is 0 Å². The van der Waals surface area contributed by atoms with Gasteiger partial charge in [-0.2, -0.15) is 0 Å². The number of aliphatic hydroxyl groups is 1. The Hall–Kier alpha value is -1.42. The Morgan fingerprint density at radius 3 is 2.62 bits per heavy atom. The fourth-order valence-electron chi connectivity index (χ4n) is 3.23. The quantitative estimate of drug-likeness (QED) is 0.759. The van der Waals surface area contributed by atoms with Crippen molar-refractivity contribution < 1.29 is 9.90 Å². The van der Waals surface area contributed by atoms with E-state index < -0.39 is 0 Å². The van der Waals surface area contributed by atoms with E-state index in [1.165, 1.54) is 19.3 Å². The number of nitrogens with zero attached hydrogens (tertiary/aromatic N) is 1. The number of unbranched alkanes of at least 4 members (excludes halogenated alkanes) is 1. The molecule has 1 atom stereocenters. The third-order valence-electron chi connectivity index (χ3n) is 4.35. The summed E-state index contributed by atoms with van der Waals surface area (Å²) < 4.78 is 0. The number of pyridine rings is 1. The van der Waals surface area contributed by atoms with E-state index in [9.17, 15) is 4.79 Å². The van der Waals surface area contributed by atoms with Crippen LogP contribution in [-0.2, 0) is 4.79 Å². The summed E-state index contributed by atoms with van der Waals surface area (Å²) in [5.74, 6) is 0.521. The fraction of sp³-hybridized carbons (Fsp3) is 0.647. The highest BCUT2D eigenvalue weighted by molar-refractivity contribution is 5.83. The van der Waals surface area contributed by atoms with Gasteiger partial charge in [-0.25, -0.2) is 0 Å². The molecule has 0 radical (unpaired) electrons. The van der Waals surface area contributed by atoms with Crippen molar-refractivity contribution in [1.29, 1.82) is 0 Å². The lowest BCUT2D eigenvalue weighted by Gasteiger charge is -2.29. The zero-order valence-corrected chi connectivity index (χ0v) is 12.6. The SMILES string of the molecule is O=C(NCCCCO)C(c1ccncc1)C1CCCCC1. The molecular formula is C17H26N2O2. The lowest BCUT2D eigenvalue weighted by Crippen LogP contribution is -2.35. The molecule has 4 heteroatoms. The molecule has 1 saturated carbocycles. The van der Waals surface area contributed by atoms with Crippen LogP contribution < -0.4 is 5.32 Å². The molecule has 1 aliphatic rings. The Kier molecular flexibility index (Phi) is 6.67. The third-order valence-corrected chi connectivity index (χ3v) is 4.35. The molecule has 0 saturated heterocycles. The summed E-state index contributed by atoms with van der Waals surface area (Å²) in [7, 11) is 0. The van der Waals surface area contributed by atoms with Crippen LogP contribution in [0.15, 0.2) is 24.5 Å². The first-order chi connectivity index (χ1) is 10.3. The predicted molar refractivity (Wildman–Crippen MR) is 82.9 cm³/mol. The normalized spacial score (nSPS) is 17.4. The van der Waals surface area contributed by atoms with Crippen LogP contribution in [0.4, 0.5) is 0 Å². The van der Waals surface area contributed by atoms with Crippen LogP contribution in [0.2, 0.25) is 0 Å². The minimum Gasteiger partial charge on any atom is -0.396 e. The number of carbonyl (C=O) groups is 1. The summed E-state index contributed by atoms with van der Waals surface area (Å²) in [6.07, 6.45) is 11.1. The van der Waals surface area contributed by atoms with Crippen molar-refractivity contribution >= 4 is 5.91 Å². The largest absolute Gasteiger partial charge is 0.396 e. The maximum absolute atomic E-state index is 12.6. The Bertz CT molecular complexity index is 416. The second-order valence-corrected chi connectivity index (χ2v) is 5.88. The maximum atomic E-state index is 12.6. The van der Waals surface area contributed by atoms with Gasteiger partial charge >= 0.3 is 0 Å². The topological polar surface area (TPSA) is 62.2 Å². The molecule has 1 aromatic rings. The van der Waals surface area contributed by atoms with E-state index in [2.05, 4.69) is 10.3 Å². The van der Waals surface area contributed by atoms with Crippen LogP contribution in [0.3, 0.4) is 0 Å². The first-order valence-electron chi connectivity index (χ1n) is 8.11. The molecule has 2 rings (SSSR count). The molecule has 1 amide bonds. The van der Waals surface area contributed by atoms with Crippen LogP contribution in [0.1, 0.15) is 56.4 Å². The second-order valence-electron chi connectivity index (χ2n) is 5.88. The Morgan fingerprint density at radius 2 is 1.95 bits per heavy atom. The molecule has 1 fully saturated rings. The van der Waals surface area contributed by atoms with Gasteiger partial charge < -0.3 is 10.4 Å². The number of nitrogens with one attached hydrogen (secondary N) is 1. The van der Waals surface area contributed by atoms with E-state index in [-0.39, 0.29) is 18.4 Å². The smallest absolute Gasteiger partial charge is 0.227 e. The molecule has 1 aliphatic carbocycles. The van der Waals surface area contributed by atoms with Gasteiger partial charge in [-0.05, 0) is 49.3 Å². The van der Waals surface area contributed by atoms with Crippen LogP contribution >= 0.6 is 0 Å². The summed E-state index contributed by atoms with van der Waals surface area (Å²) in [4.78, 5) is 16.7. The zero-order chi connectivity index (χ0) is 14.9. The van der Waals surface area contributed by atoms with E-state index in [1.54, 1.807) is 12.4 Å². The standard InChI is InChI=1S/C17H26N2O2/c20-13-5-4-10-19-17(21)16(14-6-2-1-3-7-14)15-8-11-18-12-9-15/h8-9,11-12,14,16,20H,1-7,10,13H2,(H,19,21). The summed E-state index contributed by atoms with van der Waals surface area (Å²) in [6, 6.07) is 3.93. The molecule has 0 aliphatic heterocycles. The molecule has 4 nitrogen and oxygen atoms in total. The molecule has 0 aromatic carbocycles. The fourth-order valence-corrected chi connectivity index (χ4v) is 3.23. The van der Waals surface area contributed by atoms with Gasteiger partial charge in [-0.3, -0.25) is 9.78 Å². The van der Waals surface area contributed by atoms with E-state index in [4.69, 9.17) is 5.11 Å². The molecule has 0 bridgehead atoms. The average molecular weight is 290 g/mol. The highest BCUT2D eigenvalue weighted by Gasteiger charge is 2.30. The Balaban J connectivity index is 2.02. The van der Waals surface area contributed by atoms with Crippen LogP contribution in [0.5, 0.6) is 0 Å². The number of carbonyl (C=O) groups excluding carboxylic acids is 1. The van der Waals surface area contributed by atoms with Gasteiger partial charge in [0.05, 0.1) is 5.92 Å². The number of amides is 1. The molecule has 1 aromatic heterocycles. The monoisotopic (exact) mass is 290 g/mol. The van der Waals surface area contributed by atoms with Crippen LogP contribution in [0.25, 0.3) is 0 Å². The predicted octanol–water partition coefficient (Wildman–Crippen LogP) is 2.63. The first kappa shape index (κ1) is 16.0. The van der Waals surface area contributed by atoms with E-state index >= 15 is 0 Å². The minimum absolute atomic E-state index is 0.0533. The molecular weight excluding hydrogens is 264 g/mol. The lowest BCUT2D eigenvalue weighted by molar-refractivity contribution is -0.124. The summed E-state index contributed by atoms with van der Waals surface area (Å²) >= 11 is 0. The summed E-state index contributed by atoms with van der Waals surface area (Å²) in [5.41, 5.74) is 1.08. The van der Waals surface area contributed by atoms with Crippen molar-refractivity contribution in [3.63, 3.8) is 0 Å². The summed E-state index contributed by atoms with van der Waals surface area (Å²) in [6.45, 7) is 0.833. The van der Waals surface area contributed by atoms with Gasteiger partial charge in [0.1, 0.15) is 0 Å². The Labute approximate surface area is 127 Å². The zero-order valence-electron chi connectivity index (χ0n) is 12.6. The minimum atomic E-state index is -0.0533. The van der Waals surface area contributed by atoms with Crippen molar-refractivity contribution in [1.82, 2.24) is 10.3 Å². The third kappa shape index (κ3) is 4.81. The number of hydrogen-bond acceptors (Lipinski definition) is 3. The van der Waals surface area contributed by atoms with Gasteiger partial charge in [0.25, 0.3) is 0 Å². The highest BCUT2D eigenvalue weighted by atomic mass is 16.2. The number of hydrogen-bond donors (Lipinski definition) is 2. The first-order valence-corrected chi connectivity index (χ1v) is 8.11. The number of aromatic nitrogens is 1. The van der Waals surface area contributed by atoms with Gasteiger partial charge in [-0.15, -0.1) is 0 Å². The Morgan fingerprint density at radius 1 is 1.24 bits per heavy atom.